The van der Waals surface area contributed by atoms with E-state index in [2.05, 4.69) is 101 Å². The summed E-state index contributed by atoms with van der Waals surface area (Å²) in [6.45, 7) is 1.49. The van der Waals surface area contributed by atoms with Crippen molar-refractivity contribution in [1.29, 1.82) is 0 Å². The lowest BCUT2D eigenvalue weighted by Crippen LogP contribution is -2.26. The highest BCUT2D eigenvalue weighted by Gasteiger charge is 2.44. The number of para-hydroxylation sites is 2. The lowest BCUT2D eigenvalue weighted by atomic mass is 9.92. The van der Waals surface area contributed by atoms with E-state index in [9.17, 15) is 0 Å². The number of hydrogen-bond acceptors (Lipinski definition) is 3. The van der Waals surface area contributed by atoms with Gasteiger partial charge in [-0.3, -0.25) is 9.48 Å². The van der Waals surface area contributed by atoms with Gasteiger partial charge in [0.25, 0.3) is 0 Å². The van der Waals surface area contributed by atoms with E-state index in [-0.39, 0.29) is 12.1 Å². The molecule has 2 atom stereocenters. The minimum Gasteiger partial charge on any atom is -0.496 e. The van der Waals surface area contributed by atoms with Gasteiger partial charge in [0.2, 0.25) is 6.34 Å². The average Bonchev–Trinajstić information content (AvgIpc) is 3.27. The second-order valence-electron chi connectivity index (χ2n) is 8.79. The Labute approximate surface area is 207 Å². The zero-order valence-corrected chi connectivity index (χ0v) is 20.2. The smallest absolute Gasteiger partial charge is 0.236 e. The highest BCUT2D eigenvalue weighted by atomic mass is 16.5. The van der Waals surface area contributed by atoms with Crippen molar-refractivity contribution in [2.75, 3.05) is 14.2 Å². The van der Waals surface area contributed by atoms with Crippen molar-refractivity contribution in [2.45, 2.75) is 25.2 Å². The Morgan fingerprint density at radius 2 is 1.14 bits per heavy atom. The maximum Gasteiger partial charge on any atom is 0.236 e. The van der Waals surface area contributed by atoms with Crippen LogP contribution in [0.2, 0.25) is 0 Å². The normalized spacial score (nSPS) is 17.2. The Morgan fingerprint density at radius 1 is 0.629 bits per heavy atom. The summed E-state index contributed by atoms with van der Waals surface area (Å²) in [5, 5.41) is 0. The van der Waals surface area contributed by atoms with E-state index in [1.165, 1.54) is 11.1 Å². The van der Waals surface area contributed by atoms with Gasteiger partial charge in [0.1, 0.15) is 24.6 Å². The number of rotatable bonds is 8. The Morgan fingerprint density at radius 3 is 1.77 bits per heavy atom. The first kappa shape index (κ1) is 22.7. The molecule has 1 heterocycles. The lowest BCUT2D eigenvalue weighted by Gasteiger charge is -2.25. The quantitative estimate of drug-likeness (QED) is 0.289. The van der Waals surface area contributed by atoms with Crippen molar-refractivity contribution in [1.82, 2.24) is 4.90 Å². The van der Waals surface area contributed by atoms with Gasteiger partial charge in [-0.05, 0) is 12.1 Å². The van der Waals surface area contributed by atoms with Crippen LogP contribution in [0, 0.1) is 0 Å². The molecule has 0 aliphatic carbocycles. The molecule has 1 aliphatic heterocycles. The van der Waals surface area contributed by atoms with Gasteiger partial charge in [-0.25, -0.2) is 0 Å². The van der Waals surface area contributed by atoms with Gasteiger partial charge < -0.3 is 9.47 Å². The molecule has 0 bridgehead atoms. The maximum absolute atomic E-state index is 5.69. The van der Waals surface area contributed by atoms with E-state index >= 15 is 0 Å². The fraction of sp³-hybridized carbons (Fsp3) is 0.194. The van der Waals surface area contributed by atoms with Crippen LogP contribution >= 0.6 is 0 Å². The summed E-state index contributed by atoms with van der Waals surface area (Å²) in [7, 11) is 3.48. The van der Waals surface area contributed by atoms with Crippen LogP contribution in [0.25, 0.3) is 0 Å². The number of nitrogens with zero attached hydrogens (tertiary/aromatic N) is 2. The van der Waals surface area contributed by atoms with E-state index < -0.39 is 0 Å². The van der Waals surface area contributed by atoms with Crippen LogP contribution in [0.15, 0.2) is 109 Å². The molecular formula is C31H31N2O2+. The van der Waals surface area contributed by atoms with E-state index in [4.69, 9.17) is 9.47 Å². The van der Waals surface area contributed by atoms with Crippen molar-refractivity contribution < 1.29 is 14.0 Å². The Balaban J connectivity index is 1.61. The van der Waals surface area contributed by atoms with Gasteiger partial charge in [0, 0.05) is 22.3 Å². The predicted molar refractivity (Wildman–Crippen MR) is 140 cm³/mol. The van der Waals surface area contributed by atoms with Gasteiger partial charge in [0.15, 0.2) is 12.1 Å². The third kappa shape index (κ3) is 4.78. The standard InChI is InChI=1S/C31H31N2O2/c1-34-28-19-11-9-17-26(28)21-32-23-33(22-27-18-10-12-20-29(27)35-2)31(25-15-7-4-8-16-25)30(32)24-13-5-3-6-14-24/h3-20,23,30-31H,21-22H2,1-2H3/q+1/t30-,31-/m0/s1. The molecular weight excluding hydrogens is 432 g/mol. The molecule has 0 fully saturated rings. The highest BCUT2D eigenvalue weighted by molar-refractivity contribution is 5.55. The first-order valence-electron chi connectivity index (χ1n) is 12.0. The Hall–Kier alpha value is -4.05. The van der Waals surface area contributed by atoms with E-state index in [0.29, 0.717) is 0 Å². The van der Waals surface area contributed by atoms with Crippen molar-refractivity contribution in [3.05, 3.63) is 131 Å². The zero-order chi connectivity index (χ0) is 24.0. The van der Waals surface area contributed by atoms with Crippen LogP contribution in [-0.4, -0.2) is 30.0 Å². The number of ether oxygens (including phenoxy) is 2. The summed E-state index contributed by atoms with van der Waals surface area (Å²) in [6, 6.07) is 38.4. The van der Waals surface area contributed by atoms with Gasteiger partial charge in [-0.15, -0.1) is 0 Å². The monoisotopic (exact) mass is 463 g/mol. The molecule has 4 nitrogen and oxygen atoms in total. The molecule has 4 aromatic rings. The average molecular weight is 464 g/mol. The van der Waals surface area contributed by atoms with Crippen LogP contribution in [-0.2, 0) is 13.1 Å². The molecule has 0 aromatic heterocycles. The van der Waals surface area contributed by atoms with Crippen molar-refractivity contribution in [3.8, 4) is 11.5 Å². The van der Waals surface area contributed by atoms with Crippen LogP contribution in [0.4, 0.5) is 0 Å². The highest BCUT2D eigenvalue weighted by Crippen LogP contribution is 2.42. The topological polar surface area (TPSA) is 24.7 Å². The fourth-order valence-corrected chi connectivity index (χ4v) is 5.08. The molecule has 4 aromatic carbocycles. The van der Waals surface area contributed by atoms with Crippen LogP contribution in [0.3, 0.4) is 0 Å². The van der Waals surface area contributed by atoms with E-state index in [1.54, 1.807) is 14.2 Å². The van der Waals surface area contributed by atoms with Gasteiger partial charge in [-0.1, -0.05) is 97.1 Å². The fourth-order valence-electron chi connectivity index (χ4n) is 5.08. The second kappa shape index (κ2) is 10.5. The molecule has 0 amide bonds. The molecule has 5 rings (SSSR count). The molecule has 0 saturated carbocycles. The van der Waals surface area contributed by atoms with Crippen molar-refractivity contribution in [3.63, 3.8) is 0 Å². The minimum absolute atomic E-state index is 0.137. The molecule has 4 heteroatoms. The second-order valence-corrected chi connectivity index (χ2v) is 8.79. The van der Waals surface area contributed by atoms with Crippen LogP contribution < -0.4 is 9.47 Å². The largest absolute Gasteiger partial charge is 0.496 e. The predicted octanol–water partition coefficient (Wildman–Crippen LogP) is 6.24. The number of methoxy groups -OCH3 is 2. The van der Waals surface area contributed by atoms with Gasteiger partial charge >= 0.3 is 0 Å². The molecule has 176 valence electrons. The van der Waals surface area contributed by atoms with Crippen molar-refractivity contribution >= 4 is 6.34 Å². The molecule has 0 spiro atoms. The van der Waals surface area contributed by atoms with E-state index in [0.717, 1.165) is 35.7 Å². The third-order valence-electron chi connectivity index (χ3n) is 6.68. The SMILES string of the molecule is COc1ccccc1CN1C=[N+](Cc2ccccc2OC)[C@@H](c2ccccc2)[C@@H]1c1ccccc1. The number of hydrogen-bond donors (Lipinski definition) is 0. The first-order valence-corrected chi connectivity index (χ1v) is 12.0. The zero-order valence-electron chi connectivity index (χ0n) is 20.2. The van der Waals surface area contributed by atoms with E-state index in [1.807, 2.05) is 24.3 Å². The third-order valence-corrected chi connectivity index (χ3v) is 6.68. The molecule has 35 heavy (non-hydrogen) atoms. The summed E-state index contributed by atoms with van der Waals surface area (Å²) >= 11 is 0. The first-order chi connectivity index (χ1) is 17.3. The maximum atomic E-state index is 5.69. The van der Waals surface area contributed by atoms with Crippen LogP contribution in [0.1, 0.15) is 34.3 Å². The molecule has 1 aliphatic rings. The Kier molecular flexibility index (Phi) is 6.80. The molecule has 0 saturated heterocycles. The van der Waals surface area contributed by atoms with Gasteiger partial charge in [0.05, 0.1) is 14.2 Å². The van der Waals surface area contributed by atoms with Crippen LogP contribution in [0.5, 0.6) is 11.5 Å². The molecule has 0 N–H and O–H groups in total. The van der Waals surface area contributed by atoms with Crippen molar-refractivity contribution in [2.24, 2.45) is 0 Å². The Bertz CT molecular complexity index is 1290. The summed E-state index contributed by atoms with van der Waals surface area (Å²) in [5.74, 6) is 1.82. The van der Waals surface area contributed by atoms with Gasteiger partial charge in [-0.2, -0.15) is 0 Å². The minimum atomic E-state index is 0.137. The summed E-state index contributed by atoms with van der Waals surface area (Å²) in [5.41, 5.74) is 4.90. The molecule has 0 radical (unpaired) electrons. The summed E-state index contributed by atoms with van der Waals surface area (Å²) in [4.78, 5) is 2.44. The summed E-state index contributed by atoms with van der Waals surface area (Å²) < 4.78 is 13.8. The lowest BCUT2D eigenvalue weighted by molar-refractivity contribution is -0.578. The molecule has 0 unspecified atom stereocenters. The number of benzene rings is 4. The summed E-state index contributed by atoms with van der Waals surface area (Å²) in [6.07, 6.45) is 2.29.